The lowest BCUT2D eigenvalue weighted by atomic mass is 10.1. The van der Waals surface area contributed by atoms with E-state index in [9.17, 15) is 0 Å². The van der Waals surface area contributed by atoms with Crippen LogP contribution in [0.15, 0.2) is 33.2 Å². The Bertz CT molecular complexity index is 566. The maximum Gasteiger partial charge on any atom is 0.220 e. The standard InChI is InChI=1S/C15H18BrN3O/c16-12-4-1-3-11(9-12)10-15-19-18-14(20-15)5-2-8-17-13-6-7-13/h1,3-4,9,13,17H,2,5-8,10H2. The molecule has 1 heterocycles. The summed E-state index contributed by atoms with van der Waals surface area (Å²) < 4.78 is 6.76. The van der Waals surface area contributed by atoms with E-state index >= 15 is 0 Å². The van der Waals surface area contributed by atoms with E-state index in [1.165, 1.54) is 18.4 Å². The highest BCUT2D eigenvalue weighted by Crippen LogP contribution is 2.18. The molecule has 0 amide bonds. The van der Waals surface area contributed by atoms with Crippen LogP contribution in [0.25, 0.3) is 0 Å². The molecule has 0 atom stereocenters. The van der Waals surface area contributed by atoms with Crippen LogP contribution in [0.5, 0.6) is 0 Å². The smallest absolute Gasteiger partial charge is 0.220 e. The van der Waals surface area contributed by atoms with Crippen LogP contribution in [-0.2, 0) is 12.8 Å². The van der Waals surface area contributed by atoms with Gasteiger partial charge in [0.15, 0.2) is 0 Å². The van der Waals surface area contributed by atoms with E-state index in [1.54, 1.807) is 0 Å². The minimum Gasteiger partial charge on any atom is -0.425 e. The van der Waals surface area contributed by atoms with Gasteiger partial charge in [0.05, 0.1) is 6.42 Å². The Kier molecular flexibility index (Phi) is 4.47. The zero-order valence-electron chi connectivity index (χ0n) is 11.3. The van der Waals surface area contributed by atoms with Gasteiger partial charge in [0.1, 0.15) is 0 Å². The van der Waals surface area contributed by atoms with Crippen LogP contribution in [0, 0.1) is 0 Å². The summed E-state index contributed by atoms with van der Waals surface area (Å²) in [5.74, 6) is 1.43. The van der Waals surface area contributed by atoms with E-state index in [0.717, 1.165) is 35.8 Å². The Morgan fingerprint density at radius 2 is 2.10 bits per heavy atom. The zero-order chi connectivity index (χ0) is 13.8. The van der Waals surface area contributed by atoms with Gasteiger partial charge in [-0.05, 0) is 43.5 Å². The van der Waals surface area contributed by atoms with Crippen LogP contribution >= 0.6 is 15.9 Å². The highest BCUT2D eigenvalue weighted by molar-refractivity contribution is 9.10. The monoisotopic (exact) mass is 335 g/mol. The molecule has 0 spiro atoms. The quantitative estimate of drug-likeness (QED) is 0.790. The molecule has 1 fully saturated rings. The van der Waals surface area contributed by atoms with Crippen LogP contribution in [-0.4, -0.2) is 22.8 Å². The van der Waals surface area contributed by atoms with Crippen molar-refractivity contribution in [3.63, 3.8) is 0 Å². The molecule has 1 aliphatic carbocycles. The Morgan fingerprint density at radius 1 is 1.25 bits per heavy atom. The van der Waals surface area contributed by atoms with Gasteiger partial charge in [0.25, 0.3) is 0 Å². The van der Waals surface area contributed by atoms with Crippen molar-refractivity contribution in [1.29, 1.82) is 0 Å². The molecular weight excluding hydrogens is 318 g/mol. The zero-order valence-corrected chi connectivity index (χ0v) is 12.9. The summed E-state index contributed by atoms with van der Waals surface area (Å²) in [7, 11) is 0. The second kappa shape index (κ2) is 6.50. The first kappa shape index (κ1) is 13.8. The molecule has 106 valence electrons. The third kappa shape index (κ3) is 4.15. The minimum atomic E-state index is 0.687. The number of hydrogen-bond acceptors (Lipinski definition) is 4. The molecular formula is C15H18BrN3O. The molecule has 1 aromatic carbocycles. The van der Waals surface area contributed by atoms with E-state index in [-0.39, 0.29) is 0 Å². The van der Waals surface area contributed by atoms with Crippen molar-refractivity contribution >= 4 is 15.9 Å². The summed E-state index contributed by atoms with van der Waals surface area (Å²) in [6.45, 7) is 1.04. The van der Waals surface area contributed by atoms with Crippen LogP contribution in [0.3, 0.4) is 0 Å². The summed E-state index contributed by atoms with van der Waals surface area (Å²) >= 11 is 3.47. The highest BCUT2D eigenvalue weighted by Gasteiger charge is 2.19. The van der Waals surface area contributed by atoms with Gasteiger partial charge in [-0.3, -0.25) is 0 Å². The van der Waals surface area contributed by atoms with Crippen molar-refractivity contribution in [1.82, 2.24) is 15.5 Å². The van der Waals surface area contributed by atoms with Gasteiger partial charge >= 0.3 is 0 Å². The van der Waals surface area contributed by atoms with Crippen molar-refractivity contribution in [2.75, 3.05) is 6.54 Å². The molecule has 0 bridgehead atoms. The Hall–Kier alpha value is -1.20. The number of halogens is 1. The van der Waals surface area contributed by atoms with Crippen molar-refractivity contribution in [3.05, 3.63) is 46.1 Å². The molecule has 2 aromatic rings. The first-order valence-corrected chi connectivity index (χ1v) is 7.88. The number of aromatic nitrogens is 2. The van der Waals surface area contributed by atoms with Crippen LogP contribution in [0.4, 0.5) is 0 Å². The minimum absolute atomic E-state index is 0.687. The number of benzene rings is 1. The van der Waals surface area contributed by atoms with Crippen molar-refractivity contribution in [3.8, 4) is 0 Å². The molecule has 1 N–H and O–H groups in total. The fourth-order valence-electron chi connectivity index (χ4n) is 2.12. The summed E-state index contributed by atoms with van der Waals surface area (Å²) in [5.41, 5.74) is 1.17. The van der Waals surface area contributed by atoms with E-state index < -0.39 is 0 Å². The number of hydrogen-bond donors (Lipinski definition) is 1. The SMILES string of the molecule is Brc1cccc(Cc2nnc(CCCNC3CC3)o2)c1. The average molecular weight is 336 g/mol. The Labute approximate surface area is 127 Å². The van der Waals surface area contributed by atoms with E-state index in [4.69, 9.17) is 4.42 Å². The van der Waals surface area contributed by atoms with Gasteiger partial charge in [0, 0.05) is 16.9 Å². The van der Waals surface area contributed by atoms with Crippen molar-refractivity contribution in [2.45, 2.75) is 38.1 Å². The number of nitrogens with one attached hydrogen (secondary N) is 1. The fraction of sp³-hybridized carbons (Fsp3) is 0.467. The molecule has 0 unspecified atom stereocenters. The molecule has 0 aliphatic heterocycles. The van der Waals surface area contributed by atoms with Gasteiger partial charge in [-0.2, -0.15) is 0 Å². The molecule has 5 heteroatoms. The first-order valence-electron chi connectivity index (χ1n) is 7.09. The first-order chi connectivity index (χ1) is 9.79. The summed E-state index contributed by atoms with van der Waals surface area (Å²) in [6, 6.07) is 8.93. The maximum atomic E-state index is 5.68. The maximum absolute atomic E-state index is 5.68. The average Bonchev–Trinajstić information content (AvgIpc) is 3.15. The molecule has 20 heavy (non-hydrogen) atoms. The largest absolute Gasteiger partial charge is 0.425 e. The Morgan fingerprint density at radius 3 is 2.90 bits per heavy atom. The number of aryl methyl sites for hydroxylation is 1. The normalized spacial score (nSPS) is 14.7. The molecule has 1 aromatic heterocycles. The lowest BCUT2D eigenvalue weighted by Gasteiger charge is -1.99. The van der Waals surface area contributed by atoms with Gasteiger partial charge < -0.3 is 9.73 Å². The van der Waals surface area contributed by atoms with Gasteiger partial charge in [-0.1, -0.05) is 28.1 Å². The fourth-order valence-corrected chi connectivity index (χ4v) is 2.56. The molecule has 4 nitrogen and oxygen atoms in total. The summed E-state index contributed by atoms with van der Waals surface area (Å²) in [5, 5.41) is 11.7. The molecule has 0 saturated heterocycles. The topological polar surface area (TPSA) is 51.0 Å². The van der Waals surface area contributed by atoms with Crippen molar-refractivity contribution in [2.24, 2.45) is 0 Å². The Balaban J connectivity index is 1.48. The molecule has 3 rings (SSSR count). The number of nitrogens with zero attached hydrogens (tertiary/aromatic N) is 2. The van der Waals surface area contributed by atoms with E-state index in [1.807, 2.05) is 12.1 Å². The van der Waals surface area contributed by atoms with Crippen molar-refractivity contribution < 1.29 is 4.42 Å². The van der Waals surface area contributed by atoms with Gasteiger partial charge in [0.2, 0.25) is 11.8 Å². The lowest BCUT2D eigenvalue weighted by molar-refractivity contribution is 0.449. The predicted molar refractivity (Wildman–Crippen MR) is 80.6 cm³/mol. The third-order valence-corrected chi connectivity index (χ3v) is 3.82. The van der Waals surface area contributed by atoms with Crippen LogP contribution in [0.2, 0.25) is 0 Å². The van der Waals surface area contributed by atoms with Gasteiger partial charge in [-0.25, -0.2) is 0 Å². The van der Waals surface area contributed by atoms with E-state index in [2.05, 4.69) is 43.6 Å². The second-order valence-corrected chi connectivity index (χ2v) is 6.14. The van der Waals surface area contributed by atoms with Gasteiger partial charge in [-0.15, -0.1) is 10.2 Å². The summed E-state index contributed by atoms with van der Waals surface area (Å²) in [6.07, 6.45) is 5.25. The second-order valence-electron chi connectivity index (χ2n) is 5.23. The molecule has 0 radical (unpaired) electrons. The van der Waals surface area contributed by atoms with E-state index in [0.29, 0.717) is 12.3 Å². The van der Waals surface area contributed by atoms with Crippen LogP contribution < -0.4 is 5.32 Å². The molecule has 1 saturated carbocycles. The highest BCUT2D eigenvalue weighted by atomic mass is 79.9. The summed E-state index contributed by atoms with van der Waals surface area (Å²) in [4.78, 5) is 0. The predicted octanol–water partition coefficient (Wildman–Crippen LogP) is 3.11. The molecule has 1 aliphatic rings. The number of rotatable bonds is 7. The third-order valence-electron chi connectivity index (χ3n) is 3.33. The lowest BCUT2D eigenvalue weighted by Crippen LogP contribution is -2.17. The van der Waals surface area contributed by atoms with Crippen LogP contribution in [0.1, 0.15) is 36.6 Å².